The molecule has 16 heavy (non-hydrogen) atoms. The first-order valence-corrected chi connectivity index (χ1v) is 6.09. The molecule has 1 atom stereocenters. The van der Waals surface area contributed by atoms with Crippen molar-refractivity contribution in [3.8, 4) is 0 Å². The quantitative estimate of drug-likeness (QED) is 0.842. The van der Waals surface area contributed by atoms with Crippen LogP contribution in [0.4, 0.5) is 5.69 Å². The molecule has 0 aromatic carbocycles. The van der Waals surface area contributed by atoms with E-state index in [1.807, 2.05) is 24.1 Å². The number of aromatic nitrogens is 2. The SMILES string of the molecule is CC(Nc1cnn(C)c1)C1CCN(C)CC1. The van der Waals surface area contributed by atoms with E-state index in [9.17, 15) is 0 Å². The Morgan fingerprint density at radius 1 is 1.38 bits per heavy atom. The number of likely N-dealkylation sites (tertiary alicyclic amines) is 1. The average Bonchev–Trinajstić information content (AvgIpc) is 2.65. The Morgan fingerprint density at radius 2 is 2.06 bits per heavy atom. The lowest BCUT2D eigenvalue weighted by Crippen LogP contribution is -2.37. The minimum absolute atomic E-state index is 0.540. The van der Waals surface area contributed by atoms with E-state index >= 15 is 0 Å². The smallest absolute Gasteiger partial charge is 0.0728 e. The van der Waals surface area contributed by atoms with Gasteiger partial charge in [-0.2, -0.15) is 5.10 Å². The second kappa shape index (κ2) is 4.87. The van der Waals surface area contributed by atoms with Crippen molar-refractivity contribution >= 4 is 5.69 Å². The van der Waals surface area contributed by atoms with Gasteiger partial charge in [-0.3, -0.25) is 4.68 Å². The normalized spacial score (nSPS) is 20.9. The number of piperidine rings is 1. The zero-order valence-corrected chi connectivity index (χ0v) is 10.5. The average molecular weight is 222 g/mol. The van der Waals surface area contributed by atoms with Crippen LogP contribution in [0.5, 0.6) is 0 Å². The molecule has 1 unspecified atom stereocenters. The Kier molecular flexibility index (Phi) is 3.49. The monoisotopic (exact) mass is 222 g/mol. The van der Waals surface area contributed by atoms with E-state index < -0.39 is 0 Å². The maximum Gasteiger partial charge on any atom is 0.0728 e. The predicted octanol–water partition coefficient (Wildman–Crippen LogP) is 1.56. The summed E-state index contributed by atoms with van der Waals surface area (Å²) in [5.41, 5.74) is 1.13. The van der Waals surface area contributed by atoms with Gasteiger partial charge in [-0.15, -0.1) is 0 Å². The van der Waals surface area contributed by atoms with Gasteiger partial charge < -0.3 is 10.2 Å². The molecule has 2 rings (SSSR count). The highest BCUT2D eigenvalue weighted by Gasteiger charge is 2.22. The lowest BCUT2D eigenvalue weighted by molar-refractivity contribution is 0.208. The molecule has 1 fully saturated rings. The fourth-order valence-electron chi connectivity index (χ4n) is 2.41. The maximum atomic E-state index is 4.17. The largest absolute Gasteiger partial charge is 0.380 e. The molecule has 4 nitrogen and oxygen atoms in total. The number of nitrogens with one attached hydrogen (secondary N) is 1. The van der Waals surface area contributed by atoms with Crippen LogP contribution in [0.25, 0.3) is 0 Å². The first kappa shape index (κ1) is 11.5. The molecule has 1 saturated heterocycles. The minimum atomic E-state index is 0.540. The highest BCUT2D eigenvalue weighted by atomic mass is 15.3. The zero-order chi connectivity index (χ0) is 11.5. The van der Waals surface area contributed by atoms with Gasteiger partial charge in [-0.25, -0.2) is 0 Å². The summed E-state index contributed by atoms with van der Waals surface area (Å²) >= 11 is 0. The van der Waals surface area contributed by atoms with Crippen LogP contribution in [0.3, 0.4) is 0 Å². The van der Waals surface area contributed by atoms with Crippen molar-refractivity contribution in [3.63, 3.8) is 0 Å². The highest BCUT2D eigenvalue weighted by molar-refractivity contribution is 5.39. The maximum absolute atomic E-state index is 4.17. The lowest BCUT2D eigenvalue weighted by atomic mass is 9.90. The van der Waals surface area contributed by atoms with Crippen LogP contribution in [0.15, 0.2) is 12.4 Å². The molecule has 0 spiro atoms. The molecule has 4 heteroatoms. The molecule has 0 saturated carbocycles. The van der Waals surface area contributed by atoms with Crippen molar-refractivity contribution in [2.75, 3.05) is 25.5 Å². The molecule has 90 valence electrons. The number of hydrogen-bond acceptors (Lipinski definition) is 3. The van der Waals surface area contributed by atoms with Gasteiger partial charge in [0.25, 0.3) is 0 Å². The number of nitrogens with zero attached hydrogens (tertiary/aromatic N) is 3. The van der Waals surface area contributed by atoms with Gasteiger partial charge in [0.1, 0.15) is 0 Å². The van der Waals surface area contributed by atoms with Crippen molar-refractivity contribution in [3.05, 3.63) is 12.4 Å². The van der Waals surface area contributed by atoms with Crippen LogP contribution in [-0.4, -0.2) is 40.9 Å². The highest BCUT2D eigenvalue weighted by Crippen LogP contribution is 2.22. The molecule has 1 aliphatic rings. The van der Waals surface area contributed by atoms with E-state index in [4.69, 9.17) is 0 Å². The predicted molar refractivity (Wildman–Crippen MR) is 66.5 cm³/mol. The number of anilines is 1. The second-order valence-electron chi connectivity index (χ2n) is 4.98. The van der Waals surface area contributed by atoms with Crippen LogP contribution in [0, 0.1) is 5.92 Å². The third-order valence-electron chi connectivity index (χ3n) is 3.57. The van der Waals surface area contributed by atoms with Crippen molar-refractivity contribution in [1.29, 1.82) is 0 Å². The number of aryl methyl sites for hydroxylation is 1. The molecule has 1 N–H and O–H groups in total. The molecule has 1 aliphatic heterocycles. The van der Waals surface area contributed by atoms with Gasteiger partial charge in [0.2, 0.25) is 0 Å². The Bertz CT molecular complexity index is 326. The molecule has 0 bridgehead atoms. The summed E-state index contributed by atoms with van der Waals surface area (Å²) in [5.74, 6) is 0.788. The first-order chi connectivity index (χ1) is 7.65. The van der Waals surface area contributed by atoms with E-state index in [-0.39, 0.29) is 0 Å². The number of hydrogen-bond donors (Lipinski definition) is 1. The summed E-state index contributed by atoms with van der Waals surface area (Å²) in [4.78, 5) is 2.41. The van der Waals surface area contributed by atoms with Gasteiger partial charge >= 0.3 is 0 Å². The van der Waals surface area contributed by atoms with Crippen molar-refractivity contribution in [2.45, 2.75) is 25.8 Å². The topological polar surface area (TPSA) is 33.1 Å². The third-order valence-corrected chi connectivity index (χ3v) is 3.57. The Morgan fingerprint density at radius 3 is 2.62 bits per heavy atom. The standard InChI is InChI=1S/C12H22N4/c1-10(11-4-6-15(2)7-5-11)14-12-8-13-16(3)9-12/h8-11,14H,4-7H2,1-3H3. The van der Waals surface area contributed by atoms with Gasteiger partial charge in [0.05, 0.1) is 11.9 Å². The molecule has 0 aliphatic carbocycles. The van der Waals surface area contributed by atoms with Gasteiger partial charge in [-0.1, -0.05) is 0 Å². The zero-order valence-electron chi connectivity index (χ0n) is 10.5. The molecule has 1 aromatic heterocycles. The second-order valence-corrected chi connectivity index (χ2v) is 4.98. The first-order valence-electron chi connectivity index (χ1n) is 6.09. The van der Waals surface area contributed by atoms with E-state index in [0.717, 1.165) is 11.6 Å². The molecular weight excluding hydrogens is 200 g/mol. The lowest BCUT2D eigenvalue weighted by Gasteiger charge is -2.33. The molecule has 0 amide bonds. The summed E-state index contributed by atoms with van der Waals surface area (Å²) in [6.45, 7) is 4.73. The van der Waals surface area contributed by atoms with Gasteiger partial charge in [0, 0.05) is 19.3 Å². The summed E-state index contributed by atoms with van der Waals surface area (Å²) in [7, 11) is 4.15. The van der Waals surface area contributed by atoms with Crippen molar-refractivity contribution < 1.29 is 0 Å². The Hall–Kier alpha value is -1.03. The van der Waals surface area contributed by atoms with Gasteiger partial charge in [-0.05, 0) is 45.8 Å². The number of rotatable bonds is 3. The summed E-state index contributed by atoms with van der Waals surface area (Å²) in [5, 5.41) is 7.72. The van der Waals surface area contributed by atoms with E-state index in [1.54, 1.807) is 0 Å². The minimum Gasteiger partial charge on any atom is -0.380 e. The summed E-state index contributed by atoms with van der Waals surface area (Å²) in [6, 6.07) is 0.540. The van der Waals surface area contributed by atoms with Crippen molar-refractivity contribution in [2.24, 2.45) is 13.0 Å². The summed E-state index contributed by atoms with van der Waals surface area (Å²) in [6.07, 6.45) is 6.52. The molecule has 2 heterocycles. The summed E-state index contributed by atoms with van der Waals surface area (Å²) < 4.78 is 1.84. The van der Waals surface area contributed by atoms with Crippen molar-refractivity contribution in [1.82, 2.24) is 14.7 Å². The van der Waals surface area contributed by atoms with Gasteiger partial charge in [0.15, 0.2) is 0 Å². The van der Waals surface area contributed by atoms with Crippen LogP contribution in [0.2, 0.25) is 0 Å². The Labute approximate surface area is 97.6 Å². The van der Waals surface area contributed by atoms with E-state index in [0.29, 0.717) is 6.04 Å². The fraction of sp³-hybridized carbons (Fsp3) is 0.750. The van der Waals surface area contributed by atoms with E-state index in [2.05, 4.69) is 29.3 Å². The molecule has 0 radical (unpaired) electrons. The Balaban J connectivity index is 1.85. The molecule has 1 aromatic rings. The van der Waals surface area contributed by atoms with Crippen LogP contribution in [0.1, 0.15) is 19.8 Å². The fourth-order valence-corrected chi connectivity index (χ4v) is 2.41. The van der Waals surface area contributed by atoms with Crippen LogP contribution < -0.4 is 5.32 Å². The van der Waals surface area contributed by atoms with E-state index in [1.165, 1.54) is 25.9 Å². The van der Waals surface area contributed by atoms with Crippen LogP contribution in [-0.2, 0) is 7.05 Å². The molecular formula is C12H22N4. The van der Waals surface area contributed by atoms with Crippen LogP contribution >= 0.6 is 0 Å². The third kappa shape index (κ3) is 2.76.